The minimum Gasteiger partial charge on any atom is -0.507 e. The number of phenols is 2. The smallest absolute Gasteiger partial charge is 0.194 e. The van der Waals surface area contributed by atoms with E-state index >= 15 is 0 Å². The van der Waals surface area contributed by atoms with E-state index in [0.29, 0.717) is 22.6 Å². The predicted molar refractivity (Wildman–Crippen MR) is 153 cm³/mol. The Kier molecular flexibility index (Phi) is 9.01. The number of aliphatic hydroxyl groups is 2. The van der Waals surface area contributed by atoms with Gasteiger partial charge in [0.25, 0.3) is 0 Å². The Labute approximate surface area is 232 Å². The van der Waals surface area contributed by atoms with Crippen LogP contribution in [-0.4, -0.2) is 40.4 Å². The number of aliphatic hydroxyl groups excluding tert-OH is 2. The van der Waals surface area contributed by atoms with Gasteiger partial charge in [-0.1, -0.05) is 60.7 Å². The van der Waals surface area contributed by atoms with Gasteiger partial charge in [-0.3, -0.25) is 4.79 Å². The molecule has 0 saturated heterocycles. The Bertz CT molecular complexity index is 1410. The van der Waals surface area contributed by atoms with Crippen molar-refractivity contribution in [2.24, 2.45) is 0 Å². The fourth-order valence-electron chi connectivity index (χ4n) is 4.26. The number of Topliss-reactive ketones (excluding diaryl/α,β-unsaturated/α-hetero) is 1. The number of ketones is 1. The summed E-state index contributed by atoms with van der Waals surface area (Å²) in [7, 11) is 2.90. The van der Waals surface area contributed by atoms with Crippen LogP contribution in [0.25, 0.3) is 11.1 Å². The Morgan fingerprint density at radius 3 is 1.32 bits per heavy atom. The van der Waals surface area contributed by atoms with Gasteiger partial charge in [-0.2, -0.15) is 0 Å². The Balaban J connectivity index is 1.92. The van der Waals surface area contributed by atoms with E-state index in [4.69, 9.17) is 9.47 Å². The zero-order valence-electron chi connectivity index (χ0n) is 22.1. The Morgan fingerprint density at radius 2 is 1.00 bits per heavy atom. The maximum atomic E-state index is 14.3. The van der Waals surface area contributed by atoms with Crippen molar-refractivity contribution in [3.63, 3.8) is 0 Å². The molecule has 0 aliphatic heterocycles. The molecule has 2 unspecified atom stereocenters. The van der Waals surface area contributed by atoms with Gasteiger partial charge in [0.1, 0.15) is 23.0 Å². The molecule has 7 nitrogen and oxygen atoms in total. The molecule has 0 aliphatic rings. The molecular weight excluding hydrogens is 508 g/mol. The third-order valence-electron chi connectivity index (χ3n) is 6.41. The van der Waals surface area contributed by atoms with Gasteiger partial charge in [0.05, 0.1) is 26.4 Å². The fourth-order valence-corrected chi connectivity index (χ4v) is 4.26. The van der Waals surface area contributed by atoms with Crippen LogP contribution in [0.3, 0.4) is 0 Å². The number of methoxy groups -OCH3 is 2. The molecule has 0 radical (unpaired) electrons. The first-order valence-corrected chi connectivity index (χ1v) is 12.5. The number of ether oxygens (including phenoxy) is 2. The summed E-state index contributed by atoms with van der Waals surface area (Å²) in [6.07, 6.45) is 0.267. The van der Waals surface area contributed by atoms with Gasteiger partial charge in [0, 0.05) is 34.4 Å². The molecule has 40 heavy (non-hydrogen) atoms. The van der Waals surface area contributed by atoms with Crippen LogP contribution < -0.4 is 9.47 Å². The number of hydrogen-bond donors (Lipinski definition) is 4. The van der Waals surface area contributed by atoms with Crippen molar-refractivity contribution in [1.82, 2.24) is 0 Å². The quantitative estimate of drug-likeness (QED) is 0.194. The first-order chi connectivity index (χ1) is 19.3. The van der Waals surface area contributed by atoms with Crippen LogP contribution in [0, 0.1) is 0 Å². The van der Waals surface area contributed by atoms with E-state index in [1.807, 2.05) is 0 Å². The number of hydrogen-bond acceptors (Lipinski definition) is 7. The van der Waals surface area contributed by atoms with Crippen LogP contribution in [0.1, 0.15) is 34.5 Å². The lowest BCUT2D eigenvalue weighted by Crippen LogP contribution is -2.10. The molecule has 4 aromatic rings. The van der Waals surface area contributed by atoms with Crippen molar-refractivity contribution in [3.05, 3.63) is 131 Å². The maximum Gasteiger partial charge on any atom is 0.194 e. The Morgan fingerprint density at radius 1 is 0.625 bits per heavy atom. The molecule has 4 N–H and O–H groups in total. The number of carbonyl (C=O) groups excluding carboxylic acids is 1. The molecule has 4 aromatic carbocycles. The lowest BCUT2D eigenvalue weighted by molar-refractivity contribution is -0.108. The summed E-state index contributed by atoms with van der Waals surface area (Å²) >= 11 is 0. The number of allylic oxidation sites excluding steroid dienone is 2. The predicted octanol–water partition coefficient (Wildman–Crippen LogP) is 5.62. The largest absolute Gasteiger partial charge is 0.507 e. The van der Waals surface area contributed by atoms with E-state index in [2.05, 4.69) is 0 Å². The molecule has 2 atom stereocenters. The van der Waals surface area contributed by atoms with E-state index in [0.717, 1.165) is 0 Å². The van der Waals surface area contributed by atoms with Crippen molar-refractivity contribution >= 4 is 16.9 Å². The van der Waals surface area contributed by atoms with Gasteiger partial charge in [0.15, 0.2) is 5.78 Å². The molecule has 0 spiro atoms. The van der Waals surface area contributed by atoms with Crippen LogP contribution in [-0.2, 0) is 4.79 Å². The molecule has 0 amide bonds. The van der Waals surface area contributed by atoms with Crippen molar-refractivity contribution < 1.29 is 34.7 Å². The maximum absolute atomic E-state index is 14.3. The Hall–Kier alpha value is -4.85. The molecule has 0 aliphatic carbocycles. The summed E-state index contributed by atoms with van der Waals surface area (Å²) in [6, 6.07) is 26.4. The van der Waals surface area contributed by atoms with E-state index in [1.54, 1.807) is 72.8 Å². The normalized spacial score (nSPS) is 13.4. The third kappa shape index (κ3) is 6.40. The molecule has 0 fully saturated rings. The molecule has 0 aromatic heterocycles. The van der Waals surface area contributed by atoms with Crippen molar-refractivity contribution in [3.8, 4) is 23.0 Å². The number of carbonyl (C=O) groups is 1. The molecule has 0 saturated carbocycles. The number of rotatable bonds is 10. The van der Waals surface area contributed by atoms with Crippen molar-refractivity contribution in [1.29, 1.82) is 0 Å². The molecule has 204 valence electrons. The van der Waals surface area contributed by atoms with Gasteiger partial charge >= 0.3 is 0 Å². The van der Waals surface area contributed by atoms with Crippen LogP contribution in [0.2, 0.25) is 0 Å². The summed E-state index contributed by atoms with van der Waals surface area (Å²) in [5, 5.41) is 43.9. The number of aromatic hydroxyl groups is 2. The van der Waals surface area contributed by atoms with Crippen LogP contribution in [0.4, 0.5) is 0 Å². The van der Waals surface area contributed by atoms with Crippen LogP contribution in [0.15, 0.2) is 109 Å². The van der Waals surface area contributed by atoms with Crippen LogP contribution >= 0.6 is 0 Å². The van der Waals surface area contributed by atoms with E-state index in [9.17, 15) is 25.2 Å². The summed E-state index contributed by atoms with van der Waals surface area (Å²) < 4.78 is 10.4. The molecule has 7 heteroatoms. The highest BCUT2D eigenvalue weighted by atomic mass is 16.5. The highest BCUT2D eigenvalue weighted by Gasteiger charge is 2.26. The van der Waals surface area contributed by atoms with Gasteiger partial charge < -0.3 is 29.9 Å². The average Bonchev–Trinajstić information content (AvgIpc) is 2.99. The first kappa shape index (κ1) is 28.2. The highest BCUT2D eigenvalue weighted by Crippen LogP contribution is 2.38. The van der Waals surface area contributed by atoms with E-state index in [-0.39, 0.29) is 33.8 Å². The second-order valence-corrected chi connectivity index (χ2v) is 8.97. The van der Waals surface area contributed by atoms with Crippen molar-refractivity contribution in [2.75, 3.05) is 14.2 Å². The average molecular weight is 539 g/mol. The van der Waals surface area contributed by atoms with Crippen LogP contribution in [0.5, 0.6) is 23.0 Å². The zero-order chi connectivity index (χ0) is 28.6. The summed E-state index contributed by atoms with van der Waals surface area (Å²) in [5.41, 5.74) is 1.24. The monoisotopic (exact) mass is 538 g/mol. The SMILES string of the molecule is COc1ccc(C(=CC(O)c2ccccc2)C(=O)C(=CC(O)c2ccccc2)c2ccc(OC)cc2O)c(O)c1. The lowest BCUT2D eigenvalue weighted by atomic mass is 9.88. The van der Waals surface area contributed by atoms with E-state index < -0.39 is 18.0 Å². The van der Waals surface area contributed by atoms with Gasteiger partial charge in [-0.25, -0.2) is 0 Å². The standard InChI is InChI=1S/C33H30O7/c1-39-23-13-15-25(31(36)17-23)27(19-29(34)21-9-5-3-6-10-21)33(38)28(20-30(35)22-11-7-4-8-12-22)26-16-14-24(40-2)18-32(26)37/h3-20,29-30,34-37H,1-2H3. The minimum absolute atomic E-state index is 0.0433. The van der Waals surface area contributed by atoms with Gasteiger partial charge in [0.2, 0.25) is 0 Å². The molecular formula is C33H30O7. The number of benzene rings is 4. The van der Waals surface area contributed by atoms with E-state index in [1.165, 1.54) is 50.6 Å². The summed E-state index contributed by atoms with van der Waals surface area (Å²) in [4.78, 5) is 14.3. The minimum atomic E-state index is -1.20. The topological polar surface area (TPSA) is 116 Å². The highest BCUT2D eigenvalue weighted by molar-refractivity contribution is 6.42. The second kappa shape index (κ2) is 12.8. The summed E-state index contributed by atoms with van der Waals surface area (Å²) in [5.74, 6) is -0.396. The third-order valence-corrected chi connectivity index (χ3v) is 6.41. The zero-order valence-corrected chi connectivity index (χ0v) is 22.1. The fraction of sp³-hybridized carbons (Fsp3) is 0.121. The first-order valence-electron chi connectivity index (χ1n) is 12.5. The second-order valence-electron chi connectivity index (χ2n) is 8.97. The van der Waals surface area contributed by atoms with Crippen molar-refractivity contribution in [2.45, 2.75) is 12.2 Å². The van der Waals surface area contributed by atoms with Gasteiger partial charge in [-0.15, -0.1) is 0 Å². The molecule has 4 rings (SSSR count). The number of phenolic OH excluding ortho intramolecular Hbond substituents is 2. The van der Waals surface area contributed by atoms with Gasteiger partial charge in [-0.05, 0) is 47.5 Å². The lowest BCUT2D eigenvalue weighted by Gasteiger charge is -2.18. The molecule has 0 bridgehead atoms. The molecule has 0 heterocycles. The summed E-state index contributed by atoms with van der Waals surface area (Å²) in [6.45, 7) is 0.